The van der Waals surface area contributed by atoms with Gasteiger partial charge in [-0.2, -0.15) is 0 Å². The summed E-state index contributed by atoms with van der Waals surface area (Å²) in [5.74, 6) is 0.00421. The molecule has 1 saturated carbocycles. The highest BCUT2D eigenvalue weighted by molar-refractivity contribution is 5.79. The third kappa shape index (κ3) is 1.38. The number of hydrogen-bond donors (Lipinski definition) is 1. The van der Waals surface area contributed by atoms with Gasteiger partial charge < -0.3 is 5.11 Å². The Hall–Kier alpha value is -0.790. The lowest BCUT2D eigenvalue weighted by Crippen LogP contribution is -2.19. The fourth-order valence-corrected chi connectivity index (χ4v) is 1.94. The fraction of sp³-hybridized carbons (Fsp3) is 0.700. The molecular formula is C10H16O2. The normalized spacial score (nSPS) is 33.4. The molecule has 0 bridgehead atoms. The van der Waals surface area contributed by atoms with E-state index in [0.717, 1.165) is 12.8 Å². The molecule has 68 valence electrons. The van der Waals surface area contributed by atoms with E-state index in [1.165, 1.54) is 0 Å². The van der Waals surface area contributed by atoms with Crippen molar-refractivity contribution in [1.29, 1.82) is 0 Å². The Morgan fingerprint density at radius 1 is 1.83 bits per heavy atom. The first-order valence-corrected chi connectivity index (χ1v) is 4.39. The maximum atomic E-state index is 10.9. The summed E-state index contributed by atoms with van der Waals surface area (Å²) in [4.78, 5) is 10.9. The van der Waals surface area contributed by atoms with Crippen LogP contribution in [-0.2, 0) is 4.79 Å². The topological polar surface area (TPSA) is 37.3 Å². The number of carboxylic acids is 1. The van der Waals surface area contributed by atoms with Gasteiger partial charge in [-0.1, -0.05) is 19.9 Å². The molecule has 2 atom stereocenters. The Morgan fingerprint density at radius 2 is 2.42 bits per heavy atom. The van der Waals surface area contributed by atoms with Crippen molar-refractivity contribution < 1.29 is 9.90 Å². The van der Waals surface area contributed by atoms with Gasteiger partial charge in [-0.05, 0) is 24.7 Å². The molecular weight excluding hydrogens is 152 g/mol. The molecule has 0 spiro atoms. The van der Waals surface area contributed by atoms with Gasteiger partial charge >= 0.3 is 5.97 Å². The summed E-state index contributed by atoms with van der Waals surface area (Å²) >= 11 is 0. The molecule has 1 fully saturated rings. The van der Waals surface area contributed by atoms with Crippen LogP contribution >= 0.6 is 0 Å². The van der Waals surface area contributed by atoms with Crippen molar-refractivity contribution in [1.82, 2.24) is 0 Å². The van der Waals surface area contributed by atoms with Crippen LogP contribution in [-0.4, -0.2) is 11.1 Å². The minimum atomic E-state index is -0.652. The van der Waals surface area contributed by atoms with E-state index in [1.54, 1.807) is 6.08 Å². The molecule has 0 aliphatic heterocycles. The van der Waals surface area contributed by atoms with Crippen molar-refractivity contribution in [3.05, 3.63) is 12.7 Å². The average molecular weight is 168 g/mol. The maximum absolute atomic E-state index is 10.9. The van der Waals surface area contributed by atoms with Crippen molar-refractivity contribution >= 4 is 5.97 Å². The second-order valence-corrected chi connectivity index (χ2v) is 4.11. The Balaban J connectivity index is 2.65. The second kappa shape index (κ2) is 2.92. The van der Waals surface area contributed by atoms with Gasteiger partial charge in [-0.15, -0.1) is 6.58 Å². The Kier molecular flexibility index (Phi) is 2.27. The third-order valence-electron chi connectivity index (χ3n) is 2.62. The van der Waals surface area contributed by atoms with Crippen LogP contribution in [0.3, 0.4) is 0 Å². The summed E-state index contributed by atoms with van der Waals surface area (Å²) in [7, 11) is 0. The third-order valence-corrected chi connectivity index (χ3v) is 2.62. The Labute approximate surface area is 73.3 Å². The zero-order valence-electron chi connectivity index (χ0n) is 7.71. The molecule has 2 heteroatoms. The molecule has 0 unspecified atom stereocenters. The molecule has 12 heavy (non-hydrogen) atoms. The van der Waals surface area contributed by atoms with E-state index in [-0.39, 0.29) is 5.92 Å². The molecule has 0 aromatic carbocycles. The highest BCUT2D eigenvalue weighted by Gasteiger charge is 2.58. The van der Waals surface area contributed by atoms with Gasteiger partial charge in [0.15, 0.2) is 0 Å². The molecule has 0 aromatic rings. The van der Waals surface area contributed by atoms with E-state index in [2.05, 4.69) is 20.4 Å². The van der Waals surface area contributed by atoms with Crippen molar-refractivity contribution in [3.8, 4) is 0 Å². The minimum Gasteiger partial charge on any atom is -0.481 e. The predicted octanol–water partition coefficient (Wildman–Crippen LogP) is 2.31. The zero-order valence-corrected chi connectivity index (χ0v) is 7.71. The van der Waals surface area contributed by atoms with Gasteiger partial charge in [-0.3, -0.25) is 4.79 Å². The van der Waals surface area contributed by atoms with Crippen LogP contribution in [0.15, 0.2) is 12.7 Å². The standard InChI is InChI=1S/C10H16O2/c1-4-8-6-10(8,9(11)12)5-7(2)3/h4,7-8H,1,5-6H2,2-3H3,(H,11,12)/t8-,10+/m1/s1. The van der Waals surface area contributed by atoms with Crippen LogP contribution in [0.5, 0.6) is 0 Å². The molecule has 0 heterocycles. The van der Waals surface area contributed by atoms with Crippen LogP contribution in [0.2, 0.25) is 0 Å². The SMILES string of the molecule is C=C[C@@H]1C[C@]1(CC(C)C)C(=O)O. The number of hydrogen-bond acceptors (Lipinski definition) is 1. The summed E-state index contributed by atoms with van der Waals surface area (Å²) < 4.78 is 0. The summed E-state index contributed by atoms with van der Waals surface area (Å²) in [6, 6.07) is 0. The van der Waals surface area contributed by atoms with Gasteiger partial charge in [0.05, 0.1) is 5.41 Å². The molecule has 0 amide bonds. The average Bonchev–Trinajstić information content (AvgIpc) is 2.62. The Morgan fingerprint density at radius 3 is 2.67 bits per heavy atom. The lowest BCUT2D eigenvalue weighted by Gasteiger charge is -2.13. The predicted molar refractivity (Wildman–Crippen MR) is 47.8 cm³/mol. The molecule has 1 aliphatic rings. The highest BCUT2D eigenvalue weighted by atomic mass is 16.4. The Bertz CT molecular complexity index is 208. The molecule has 1 rings (SSSR count). The lowest BCUT2D eigenvalue weighted by molar-refractivity contribution is -0.144. The molecule has 2 nitrogen and oxygen atoms in total. The lowest BCUT2D eigenvalue weighted by atomic mass is 9.92. The van der Waals surface area contributed by atoms with Crippen molar-refractivity contribution in [2.45, 2.75) is 26.7 Å². The molecule has 1 aliphatic carbocycles. The van der Waals surface area contributed by atoms with E-state index in [9.17, 15) is 4.79 Å². The first-order valence-electron chi connectivity index (χ1n) is 4.39. The van der Waals surface area contributed by atoms with Crippen molar-refractivity contribution in [2.24, 2.45) is 17.3 Å². The first kappa shape index (κ1) is 9.30. The summed E-state index contributed by atoms with van der Waals surface area (Å²) in [6.45, 7) is 7.76. The summed E-state index contributed by atoms with van der Waals surface area (Å²) in [5.41, 5.74) is -0.462. The molecule has 1 N–H and O–H groups in total. The van der Waals surface area contributed by atoms with Crippen LogP contribution in [0.1, 0.15) is 26.7 Å². The van der Waals surface area contributed by atoms with E-state index < -0.39 is 11.4 Å². The van der Waals surface area contributed by atoms with Gasteiger partial charge in [0.1, 0.15) is 0 Å². The number of aliphatic carboxylic acids is 1. The van der Waals surface area contributed by atoms with E-state index >= 15 is 0 Å². The quantitative estimate of drug-likeness (QED) is 0.654. The molecule has 0 saturated heterocycles. The molecule has 0 radical (unpaired) electrons. The number of rotatable bonds is 4. The smallest absolute Gasteiger partial charge is 0.310 e. The van der Waals surface area contributed by atoms with Crippen LogP contribution < -0.4 is 0 Å². The van der Waals surface area contributed by atoms with Gasteiger partial charge in [0.2, 0.25) is 0 Å². The van der Waals surface area contributed by atoms with E-state index in [1.807, 2.05) is 0 Å². The number of carboxylic acid groups (broad SMARTS) is 1. The number of carbonyl (C=O) groups is 1. The fourth-order valence-electron chi connectivity index (χ4n) is 1.94. The number of allylic oxidation sites excluding steroid dienone is 1. The zero-order chi connectivity index (χ0) is 9.35. The van der Waals surface area contributed by atoms with Crippen LogP contribution in [0.4, 0.5) is 0 Å². The van der Waals surface area contributed by atoms with Gasteiger partial charge in [0, 0.05) is 0 Å². The van der Waals surface area contributed by atoms with Crippen LogP contribution in [0.25, 0.3) is 0 Å². The first-order chi connectivity index (χ1) is 5.53. The summed E-state index contributed by atoms with van der Waals surface area (Å²) in [6.07, 6.45) is 3.33. The van der Waals surface area contributed by atoms with E-state index in [0.29, 0.717) is 5.92 Å². The largest absolute Gasteiger partial charge is 0.481 e. The van der Waals surface area contributed by atoms with Crippen molar-refractivity contribution in [2.75, 3.05) is 0 Å². The van der Waals surface area contributed by atoms with Gasteiger partial charge in [-0.25, -0.2) is 0 Å². The monoisotopic (exact) mass is 168 g/mol. The van der Waals surface area contributed by atoms with Gasteiger partial charge in [0.25, 0.3) is 0 Å². The molecule has 0 aromatic heterocycles. The van der Waals surface area contributed by atoms with E-state index in [4.69, 9.17) is 5.11 Å². The van der Waals surface area contributed by atoms with Crippen molar-refractivity contribution in [3.63, 3.8) is 0 Å². The second-order valence-electron chi connectivity index (χ2n) is 4.11. The minimum absolute atomic E-state index is 0.206. The van der Waals surface area contributed by atoms with Crippen LogP contribution in [0, 0.1) is 17.3 Å². The highest BCUT2D eigenvalue weighted by Crippen LogP contribution is 2.57. The maximum Gasteiger partial charge on any atom is 0.310 e. The summed E-state index contributed by atoms with van der Waals surface area (Å²) in [5, 5.41) is 9.01.